The summed E-state index contributed by atoms with van der Waals surface area (Å²) in [4.78, 5) is 8.86. The Hall–Kier alpha value is -1.36. The first-order valence-corrected chi connectivity index (χ1v) is 7.23. The maximum Gasteiger partial charge on any atom is 0.226 e. The van der Waals surface area contributed by atoms with Crippen LogP contribution in [-0.2, 0) is 0 Å². The van der Waals surface area contributed by atoms with E-state index >= 15 is 0 Å². The Bertz CT molecular complexity index is 389. The van der Waals surface area contributed by atoms with Crippen LogP contribution >= 0.6 is 0 Å². The Morgan fingerprint density at radius 1 is 1.42 bits per heavy atom. The van der Waals surface area contributed by atoms with Gasteiger partial charge in [0, 0.05) is 24.3 Å². The molecule has 1 atom stereocenters. The first kappa shape index (κ1) is 14.1. The highest BCUT2D eigenvalue weighted by Crippen LogP contribution is 2.15. The summed E-state index contributed by atoms with van der Waals surface area (Å²) >= 11 is 0. The lowest BCUT2D eigenvalue weighted by atomic mass is 10.1. The SMILES string of the molecule is CCCOc1cc(C)nc(NC2CCCCNC2)n1. The van der Waals surface area contributed by atoms with Crippen molar-refractivity contribution in [2.45, 2.75) is 45.6 Å². The summed E-state index contributed by atoms with van der Waals surface area (Å²) in [5, 5.41) is 6.85. The van der Waals surface area contributed by atoms with Crippen LogP contribution in [0.1, 0.15) is 38.3 Å². The van der Waals surface area contributed by atoms with Crippen molar-refractivity contribution >= 4 is 5.95 Å². The smallest absolute Gasteiger partial charge is 0.226 e. The Kier molecular flexibility index (Phi) is 5.39. The molecule has 0 bridgehead atoms. The number of hydrogen-bond donors (Lipinski definition) is 2. The van der Waals surface area contributed by atoms with E-state index in [1.54, 1.807) is 0 Å². The van der Waals surface area contributed by atoms with Gasteiger partial charge in [-0.1, -0.05) is 13.3 Å². The molecule has 2 N–H and O–H groups in total. The van der Waals surface area contributed by atoms with Crippen molar-refractivity contribution in [3.63, 3.8) is 0 Å². The van der Waals surface area contributed by atoms with E-state index < -0.39 is 0 Å². The highest BCUT2D eigenvalue weighted by atomic mass is 16.5. The molecule has 106 valence electrons. The van der Waals surface area contributed by atoms with Gasteiger partial charge in [-0.2, -0.15) is 4.98 Å². The molecule has 0 spiro atoms. The highest BCUT2D eigenvalue weighted by molar-refractivity contribution is 5.31. The average Bonchev–Trinajstić information content (AvgIpc) is 2.64. The van der Waals surface area contributed by atoms with Crippen LogP contribution in [-0.4, -0.2) is 35.7 Å². The molecule has 1 aliphatic rings. The Balaban J connectivity index is 1.99. The summed E-state index contributed by atoms with van der Waals surface area (Å²) in [5.41, 5.74) is 0.935. The Morgan fingerprint density at radius 3 is 3.16 bits per heavy atom. The first-order chi connectivity index (χ1) is 9.28. The van der Waals surface area contributed by atoms with Gasteiger partial charge in [-0.15, -0.1) is 0 Å². The van der Waals surface area contributed by atoms with Gasteiger partial charge in [-0.05, 0) is 32.7 Å². The third kappa shape index (κ3) is 4.67. The number of aryl methyl sites for hydroxylation is 1. The van der Waals surface area contributed by atoms with Crippen molar-refractivity contribution in [3.05, 3.63) is 11.8 Å². The van der Waals surface area contributed by atoms with Crippen LogP contribution in [0.3, 0.4) is 0 Å². The fraction of sp³-hybridized carbons (Fsp3) is 0.714. The Labute approximate surface area is 115 Å². The summed E-state index contributed by atoms with van der Waals surface area (Å²) in [6.07, 6.45) is 4.64. The van der Waals surface area contributed by atoms with Crippen molar-refractivity contribution in [2.75, 3.05) is 25.0 Å². The van der Waals surface area contributed by atoms with Crippen molar-refractivity contribution in [1.29, 1.82) is 0 Å². The summed E-state index contributed by atoms with van der Waals surface area (Å²) in [6, 6.07) is 2.29. The second-order valence-corrected chi connectivity index (χ2v) is 5.06. The molecule has 0 aliphatic carbocycles. The maximum absolute atomic E-state index is 5.58. The van der Waals surface area contributed by atoms with Gasteiger partial charge < -0.3 is 15.4 Å². The standard InChI is InChI=1S/C14H24N4O/c1-3-8-19-13-9-11(2)16-14(18-13)17-12-6-4-5-7-15-10-12/h9,12,15H,3-8,10H2,1-2H3,(H,16,17,18). The van der Waals surface area contributed by atoms with Crippen LogP contribution in [0.15, 0.2) is 6.07 Å². The maximum atomic E-state index is 5.58. The average molecular weight is 264 g/mol. The third-order valence-corrected chi connectivity index (χ3v) is 3.16. The minimum absolute atomic E-state index is 0.406. The summed E-state index contributed by atoms with van der Waals surface area (Å²) in [5.74, 6) is 1.35. The van der Waals surface area contributed by atoms with Crippen LogP contribution < -0.4 is 15.4 Å². The normalized spacial score (nSPS) is 19.8. The van der Waals surface area contributed by atoms with Crippen LogP contribution in [0, 0.1) is 6.92 Å². The fourth-order valence-corrected chi connectivity index (χ4v) is 2.21. The van der Waals surface area contributed by atoms with Crippen LogP contribution in [0.5, 0.6) is 5.88 Å². The van der Waals surface area contributed by atoms with Gasteiger partial charge >= 0.3 is 0 Å². The number of nitrogens with zero attached hydrogens (tertiary/aromatic N) is 2. The third-order valence-electron chi connectivity index (χ3n) is 3.16. The minimum atomic E-state index is 0.406. The van der Waals surface area contributed by atoms with E-state index in [1.165, 1.54) is 12.8 Å². The van der Waals surface area contributed by atoms with Crippen molar-refractivity contribution < 1.29 is 4.74 Å². The second kappa shape index (κ2) is 7.28. The molecular formula is C14H24N4O. The molecule has 1 aliphatic heterocycles. The van der Waals surface area contributed by atoms with Crippen LogP contribution in [0.2, 0.25) is 0 Å². The monoisotopic (exact) mass is 264 g/mol. The molecule has 1 fully saturated rings. The zero-order chi connectivity index (χ0) is 13.5. The molecule has 2 rings (SSSR count). The van der Waals surface area contributed by atoms with E-state index in [-0.39, 0.29) is 0 Å². The van der Waals surface area contributed by atoms with Gasteiger partial charge in [0.2, 0.25) is 11.8 Å². The lowest BCUT2D eigenvalue weighted by Crippen LogP contribution is -2.31. The van der Waals surface area contributed by atoms with Gasteiger partial charge in [-0.25, -0.2) is 4.98 Å². The van der Waals surface area contributed by atoms with Crippen molar-refractivity contribution in [2.24, 2.45) is 0 Å². The lowest BCUT2D eigenvalue weighted by Gasteiger charge is -2.17. The van der Waals surface area contributed by atoms with Gasteiger partial charge in [0.25, 0.3) is 0 Å². The van der Waals surface area contributed by atoms with E-state index in [2.05, 4.69) is 27.5 Å². The molecule has 1 saturated heterocycles. The van der Waals surface area contributed by atoms with E-state index in [4.69, 9.17) is 4.74 Å². The summed E-state index contributed by atoms with van der Waals surface area (Å²) in [7, 11) is 0. The molecule has 19 heavy (non-hydrogen) atoms. The zero-order valence-electron chi connectivity index (χ0n) is 11.9. The molecule has 5 nitrogen and oxygen atoms in total. The number of hydrogen-bond acceptors (Lipinski definition) is 5. The summed E-state index contributed by atoms with van der Waals surface area (Å²) < 4.78 is 5.58. The molecule has 1 aromatic rings. The molecular weight excluding hydrogens is 240 g/mol. The predicted molar refractivity (Wildman–Crippen MR) is 76.7 cm³/mol. The van der Waals surface area contributed by atoms with Crippen molar-refractivity contribution in [3.8, 4) is 5.88 Å². The zero-order valence-corrected chi connectivity index (χ0v) is 11.9. The molecule has 1 unspecified atom stereocenters. The van der Waals surface area contributed by atoms with Gasteiger partial charge in [0.05, 0.1) is 6.61 Å². The lowest BCUT2D eigenvalue weighted by molar-refractivity contribution is 0.304. The van der Waals surface area contributed by atoms with E-state index in [9.17, 15) is 0 Å². The summed E-state index contributed by atoms with van der Waals surface area (Å²) in [6.45, 7) is 6.84. The first-order valence-electron chi connectivity index (χ1n) is 7.23. The number of anilines is 1. The highest BCUT2D eigenvalue weighted by Gasteiger charge is 2.13. The van der Waals surface area contributed by atoms with E-state index in [0.29, 0.717) is 24.5 Å². The minimum Gasteiger partial charge on any atom is -0.478 e. The number of ether oxygens (including phenoxy) is 1. The number of nitrogens with one attached hydrogen (secondary N) is 2. The van der Waals surface area contributed by atoms with Gasteiger partial charge in [0.15, 0.2) is 0 Å². The molecule has 2 heterocycles. The number of aromatic nitrogens is 2. The fourth-order valence-electron chi connectivity index (χ4n) is 2.21. The van der Waals surface area contributed by atoms with Crippen LogP contribution in [0.25, 0.3) is 0 Å². The predicted octanol–water partition coefficient (Wildman–Crippen LogP) is 2.13. The van der Waals surface area contributed by atoms with Gasteiger partial charge in [-0.3, -0.25) is 0 Å². The van der Waals surface area contributed by atoms with Gasteiger partial charge in [0.1, 0.15) is 0 Å². The molecule has 5 heteroatoms. The van der Waals surface area contributed by atoms with E-state index in [0.717, 1.165) is 31.6 Å². The molecule has 0 saturated carbocycles. The molecule has 0 radical (unpaired) electrons. The Morgan fingerprint density at radius 2 is 2.32 bits per heavy atom. The molecule has 0 aromatic carbocycles. The second-order valence-electron chi connectivity index (χ2n) is 5.06. The topological polar surface area (TPSA) is 59.1 Å². The molecule has 0 amide bonds. The van der Waals surface area contributed by atoms with Crippen molar-refractivity contribution in [1.82, 2.24) is 15.3 Å². The van der Waals surface area contributed by atoms with Crippen LogP contribution in [0.4, 0.5) is 5.95 Å². The molecule has 1 aromatic heterocycles. The quantitative estimate of drug-likeness (QED) is 0.853. The van der Waals surface area contributed by atoms with E-state index in [1.807, 2.05) is 13.0 Å². The number of rotatable bonds is 5. The largest absolute Gasteiger partial charge is 0.478 e.